The van der Waals surface area contributed by atoms with Crippen LogP contribution in [-0.2, 0) is 9.47 Å². The Morgan fingerprint density at radius 1 is 1.24 bits per heavy atom. The molecule has 1 rings (SSSR count). The maximum Gasteiger partial charge on any atom is 0.408 e. The summed E-state index contributed by atoms with van der Waals surface area (Å²) in [5.74, 6) is 0. The zero-order valence-corrected chi connectivity index (χ0v) is 16.5. The van der Waals surface area contributed by atoms with Gasteiger partial charge in [0.2, 0.25) is 0 Å². The molecular weight excluding hydrogens is 336 g/mol. The molecule has 0 bridgehead atoms. The maximum absolute atomic E-state index is 11.4. The van der Waals surface area contributed by atoms with E-state index in [9.17, 15) is 4.79 Å². The number of carbonyl (C=O) groups is 1. The lowest BCUT2D eigenvalue weighted by Crippen LogP contribution is -2.33. The van der Waals surface area contributed by atoms with Gasteiger partial charge < -0.3 is 20.1 Å². The topological polar surface area (TPSA) is 59.6 Å². The molecule has 0 fully saturated rings. The van der Waals surface area contributed by atoms with E-state index in [1.807, 2.05) is 0 Å². The van der Waals surface area contributed by atoms with Crippen LogP contribution >= 0.6 is 12.6 Å². The second kappa shape index (κ2) is 11.2. The highest BCUT2D eigenvalue weighted by atomic mass is 32.1. The summed E-state index contributed by atoms with van der Waals surface area (Å²) < 4.78 is 10.5. The quantitative estimate of drug-likeness (QED) is 0.337. The van der Waals surface area contributed by atoms with Crippen molar-refractivity contribution in [3.8, 4) is 0 Å². The van der Waals surface area contributed by atoms with Gasteiger partial charge in [-0.1, -0.05) is 30.3 Å². The molecule has 1 amide bonds. The Kier molecular flexibility index (Phi) is 9.63. The third-order valence-corrected chi connectivity index (χ3v) is 3.53. The Morgan fingerprint density at radius 2 is 1.92 bits per heavy atom. The fourth-order valence-electron chi connectivity index (χ4n) is 2.24. The Labute approximate surface area is 156 Å². The van der Waals surface area contributed by atoms with E-state index in [2.05, 4.69) is 67.5 Å². The van der Waals surface area contributed by atoms with Crippen molar-refractivity contribution in [3.05, 3.63) is 41.5 Å². The smallest absolute Gasteiger partial charge is 0.408 e. The van der Waals surface area contributed by atoms with Gasteiger partial charge in [0.25, 0.3) is 0 Å². The molecule has 0 aliphatic heterocycles. The van der Waals surface area contributed by atoms with Crippen LogP contribution in [0.3, 0.4) is 0 Å². The molecule has 1 aromatic rings. The first-order valence-corrected chi connectivity index (χ1v) is 8.97. The lowest BCUT2D eigenvalue weighted by Gasteiger charge is -2.18. The first kappa shape index (κ1) is 21.5. The van der Waals surface area contributed by atoms with Crippen LogP contribution in [0.2, 0.25) is 0 Å². The molecule has 0 aliphatic rings. The first-order chi connectivity index (χ1) is 11.8. The lowest BCUT2D eigenvalue weighted by atomic mass is 10.0. The van der Waals surface area contributed by atoms with Gasteiger partial charge in [0.1, 0.15) is 0 Å². The van der Waals surface area contributed by atoms with E-state index >= 15 is 0 Å². The number of alkyl carbamates (subject to hydrolysis) is 1. The maximum atomic E-state index is 11.4. The number of carbonyl (C=O) groups excluding carboxylic acids is 1. The number of thiol groups is 1. The van der Waals surface area contributed by atoms with Gasteiger partial charge in [-0.05, 0) is 44.4 Å². The van der Waals surface area contributed by atoms with Crippen LogP contribution in [0.1, 0.15) is 31.9 Å². The second-order valence-corrected chi connectivity index (χ2v) is 7.26. The predicted molar refractivity (Wildman–Crippen MR) is 106 cm³/mol. The number of amides is 1. The van der Waals surface area contributed by atoms with E-state index in [1.165, 1.54) is 16.7 Å². The summed E-state index contributed by atoms with van der Waals surface area (Å²) in [4.78, 5) is 10.6. The third kappa shape index (κ3) is 9.53. The molecule has 0 atom stereocenters. The van der Waals surface area contributed by atoms with Gasteiger partial charge in [-0.2, -0.15) is 0 Å². The SMILES string of the molecule is C/C=C(/CNCCOCCNC(=O)OC(C)(C)S)c1ccccc1C. The summed E-state index contributed by atoms with van der Waals surface area (Å²) in [7, 11) is 0. The molecule has 140 valence electrons. The fourth-order valence-corrected chi connectivity index (χ4v) is 2.33. The van der Waals surface area contributed by atoms with Crippen LogP contribution in [0.15, 0.2) is 30.3 Å². The highest BCUT2D eigenvalue weighted by Crippen LogP contribution is 2.17. The molecular formula is C19H30N2O3S. The summed E-state index contributed by atoms with van der Waals surface area (Å²) in [6.07, 6.45) is 1.65. The summed E-state index contributed by atoms with van der Waals surface area (Å²) in [6, 6.07) is 8.37. The molecule has 0 aliphatic carbocycles. The minimum atomic E-state index is -0.781. The van der Waals surface area contributed by atoms with Crippen LogP contribution in [0.5, 0.6) is 0 Å². The van der Waals surface area contributed by atoms with Gasteiger partial charge in [-0.25, -0.2) is 4.79 Å². The molecule has 0 radical (unpaired) electrons. The third-order valence-electron chi connectivity index (χ3n) is 3.44. The van der Waals surface area contributed by atoms with E-state index in [0.29, 0.717) is 19.8 Å². The molecule has 1 aromatic carbocycles. The van der Waals surface area contributed by atoms with E-state index in [-0.39, 0.29) is 0 Å². The van der Waals surface area contributed by atoms with E-state index in [1.54, 1.807) is 13.8 Å². The number of rotatable bonds is 10. The summed E-state index contributed by atoms with van der Waals surface area (Å²) >= 11 is 4.13. The van der Waals surface area contributed by atoms with Gasteiger partial charge in [0, 0.05) is 19.6 Å². The molecule has 2 N–H and O–H groups in total. The van der Waals surface area contributed by atoms with Crippen LogP contribution < -0.4 is 10.6 Å². The van der Waals surface area contributed by atoms with Gasteiger partial charge in [-0.15, -0.1) is 12.6 Å². The highest BCUT2D eigenvalue weighted by Gasteiger charge is 2.16. The molecule has 0 saturated heterocycles. The van der Waals surface area contributed by atoms with Gasteiger partial charge in [-0.3, -0.25) is 0 Å². The molecule has 0 aromatic heterocycles. The number of ether oxygens (including phenoxy) is 2. The number of aryl methyl sites for hydroxylation is 1. The van der Waals surface area contributed by atoms with E-state index < -0.39 is 11.0 Å². The molecule has 0 saturated carbocycles. The highest BCUT2D eigenvalue weighted by molar-refractivity contribution is 7.81. The minimum Gasteiger partial charge on any atom is -0.433 e. The van der Waals surface area contributed by atoms with Crippen molar-refractivity contribution in [2.75, 3.05) is 32.8 Å². The standard InChI is InChI=1S/C19H30N2O3S/c1-5-16(17-9-7-6-8-15(17)2)14-20-10-12-23-13-11-21-18(22)24-19(3,4)25/h5-9,20,25H,10-14H2,1-4H3,(H,21,22)/b16-5-. The van der Waals surface area contributed by atoms with Crippen molar-refractivity contribution >= 4 is 24.3 Å². The number of benzene rings is 1. The van der Waals surface area contributed by atoms with E-state index in [4.69, 9.17) is 9.47 Å². The predicted octanol–water partition coefficient (Wildman–Crippen LogP) is 3.40. The van der Waals surface area contributed by atoms with Crippen LogP contribution in [0.4, 0.5) is 4.79 Å². The Bertz CT molecular complexity index is 568. The van der Waals surface area contributed by atoms with Crippen molar-refractivity contribution in [1.29, 1.82) is 0 Å². The number of hydrogen-bond donors (Lipinski definition) is 3. The van der Waals surface area contributed by atoms with Gasteiger partial charge >= 0.3 is 6.09 Å². The molecule has 0 unspecified atom stereocenters. The normalized spacial score (nSPS) is 12.1. The Hall–Kier alpha value is -1.50. The van der Waals surface area contributed by atoms with Crippen molar-refractivity contribution in [1.82, 2.24) is 10.6 Å². The minimum absolute atomic E-state index is 0.409. The summed E-state index contributed by atoms with van der Waals surface area (Å²) in [6.45, 7) is 10.6. The fraction of sp³-hybridized carbons (Fsp3) is 0.526. The zero-order valence-electron chi connectivity index (χ0n) is 15.6. The Morgan fingerprint density at radius 3 is 2.56 bits per heavy atom. The molecule has 0 spiro atoms. The number of nitrogens with one attached hydrogen (secondary N) is 2. The summed E-state index contributed by atoms with van der Waals surface area (Å²) in [5.41, 5.74) is 3.82. The van der Waals surface area contributed by atoms with Crippen molar-refractivity contribution in [2.24, 2.45) is 0 Å². The summed E-state index contributed by atoms with van der Waals surface area (Å²) in [5, 5.41) is 6.00. The Balaban J connectivity index is 2.12. The molecule has 6 heteroatoms. The lowest BCUT2D eigenvalue weighted by molar-refractivity contribution is 0.0919. The van der Waals surface area contributed by atoms with Crippen LogP contribution in [0.25, 0.3) is 5.57 Å². The molecule has 5 nitrogen and oxygen atoms in total. The van der Waals surface area contributed by atoms with Gasteiger partial charge in [0.15, 0.2) is 4.93 Å². The largest absolute Gasteiger partial charge is 0.433 e. The van der Waals surface area contributed by atoms with Crippen molar-refractivity contribution in [2.45, 2.75) is 32.6 Å². The average Bonchev–Trinajstić information content (AvgIpc) is 2.53. The first-order valence-electron chi connectivity index (χ1n) is 8.52. The average molecular weight is 367 g/mol. The van der Waals surface area contributed by atoms with Crippen LogP contribution in [-0.4, -0.2) is 43.9 Å². The molecule has 0 heterocycles. The van der Waals surface area contributed by atoms with Gasteiger partial charge in [0.05, 0.1) is 13.2 Å². The monoisotopic (exact) mass is 366 g/mol. The van der Waals surface area contributed by atoms with Crippen molar-refractivity contribution < 1.29 is 14.3 Å². The zero-order chi connectivity index (χ0) is 18.7. The van der Waals surface area contributed by atoms with Crippen molar-refractivity contribution in [3.63, 3.8) is 0 Å². The second-order valence-electron chi connectivity index (χ2n) is 6.18. The van der Waals surface area contributed by atoms with E-state index in [0.717, 1.165) is 13.1 Å². The molecule has 25 heavy (non-hydrogen) atoms. The number of allylic oxidation sites excluding steroid dienone is 1. The number of hydrogen-bond acceptors (Lipinski definition) is 5. The van der Waals surface area contributed by atoms with Crippen LogP contribution in [0, 0.1) is 6.92 Å².